The van der Waals surface area contributed by atoms with Gasteiger partial charge in [-0.1, -0.05) is 46.2 Å². The molecule has 8 N–H and O–H groups in total. The first-order chi connectivity index (χ1) is 16.4. The quantitative estimate of drug-likeness (QED) is 0.186. The van der Waals surface area contributed by atoms with Crippen molar-refractivity contribution in [2.75, 3.05) is 6.61 Å². The predicted molar refractivity (Wildman–Crippen MR) is 129 cm³/mol. The summed E-state index contributed by atoms with van der Waals surface area (Å²) < 4.78 is 0. The summed E-state index contributed by atoms with van der Waals surface area (Å²) in [5.41, 5.74) is 6.17. The number of carbonyl (C=O) groups is 4. The number of aliphatic hydroxyl groups is 1. The van der Waals surface area contributed by atoms with Crippen LogP contribution in [0, 0.1) is 11.8 Å². The summed E-state index contributed by atoms with van der Waals surface area (Å²) in [7, 11) is 0. The molecular formula is C24H38N4O7. The maximum Gasteiger partial charge on any atom is 0.326 e. The number of rotatable bonds is 14. The molecule has 3 amide bonds. The molecule has 1 aromatic rings. The van der Waals surface area contributed by atoms with Gasteiger partial charge in [0.25, 0.3) is 0 Å². The zero-order valence-electron chi connectivity index (χ0n) is 20.7. The number of nitrogens with two attached hydrogens (primary N) is 1. The Kier molecular flexibility index (Phi) is 12.2. The first-order valence-electron chi connectivity index (χ1n) is 11.7. The highest BCUT2D eigenvalue weighted by molar-refractivity contribution is 5.94. The molecule has 5 unspecified atom stereocenters. The number of hydrogen-bond acceptors (Lipinski definition) is 7. The topological polar surface area (TPSA) is 191 Å². The number of phenols is 1. The summed E-state index contributed by atoms with van der Waals surface area (Å²) >= 11 is 0. The molecule has 0 spiro atoms. The average molecular weight is 495 g/mol. The van der Waals surface area contributed by atoms with Crippen molar-refractivity contribution in [2.24, 2.45) is 17.6 Å². The van der Waals surface area contributed by atoms with Gasteiger partial charge in [0.1, 0.15) is 29.9 Å². The van der Waals surface area contributed by atoms with Gasteiger partial charge in [-0.05, 0) is 36.0 Å². The second kappa shape index (κ2) is 14.3. The standard InChI is InChI=1S/C24H38N4O7/c1-5-14(4)20(24(34)35)28-23(33)19(11-15-6-8-16(30)9-7-15)27-22(32)18(10-13(2)3)26-21(31)17(25)12-29/h6-9,13-14,17-20,29-30H,5,10-12,25H2,1-4H3,(H,26,31)(H,27,32)(H,28,33)(H,34,35). The van der Waals surface area contributed by atoms with Gasteiger partial charge in [-0.25, -0.2) is 4.79 Å². The van der Waals surface area contributed by atoms with Crippen LogP contribution >= 0.6 is 0 Å². The van der Waals surface area contributed by atoms with Crippen molar-refractivity contribution in [1.82, 2.24) is 16.0 Å². The summed E-state index contributed by atoms with van der Waals surface area (Å²) in [5, 5.41) is 35.9. The number of amides is 3. The van der Waals surface area contributed by atoms with Gasteiger partial charge in [-0.2, -0.15) is 0 Å². The molecule has 0 aliphatic carbocycles. The Bertz CT molecular complexity index is 860. The molecule has 0 fully saturated rings. The molecule has 1 aromatic carbocycles. The van der Waals surface area contributed by atoms with E-state index in [1.165, 1.54) is 12.1 Å². The van der Waals surface area contributed by atoms with Crippen LogP contribution in [-0.4, -0.2) is 69.8 Å². The van der Waals surface area contributed by atoms with Gasteiger partial charge in [0.2, 0.25) is 17.7 Å². The summed E-state index contributed by atoms with van der Waals surface area (Å²) in [6.07, 6.45) is 0.775. The van der Waals surface area contributed by atoms with E-state index in [1.54, 1.807) is 26.0 Å². The molecule has 11 heteroatoms. The van der Waals surface area contributed by atoms with E-state index in [1.807, 2.05) is 13.8 Å². The monoisotopic (exact) mass is 494 g/mol. The molecule has 0 aliphatic rings. The number of phenolic OH excluding ortho intramolecular Hbond substituents is 1. The van der Waals surface area contributed by atoms with Crippen molar-refractivity contribution >= 4 is 23.7 Å². The lowest BCUT2D eigenvalue weighted by atomic mass is 9.97. The zero-order valence-corrected chi connectivity index (χ0v) is 20.7. The Balaban J connectivity index is 3.18. The van der Waals surface area contributed by atoms with E-state index in [9.17, 15) is 29.4 Å². The fourth-order valence-corrected chi connectivity index (χ4v) is 3.35. The summed E-state index contributed by atoms with van der Waals surface area (Å²) in [6, 6.07) is 1.49. The highest BCUT2D eigenvalue weighted by atomic mass is 16.4. The largest absolute Gasteiger partial charge is 0.508 e. The predicted octanol–water partition coefficient (Wildman–Crippen LogP) is -0.114. The number of benzene rings is 1. The van der Waals surface area contributed by atoms with Crippen LogP contribution in [0.3, 0.4) is 0 Å². The van der Waals surface area contributed by atoms with Crippen LogP contribution in [-0.2, 0) is 25.6 Å². The number of nitrogens with one attached hydrogen (secondary N) is 3. The average Bonchev–Trinajstić information content (AvgIpc) is 2.81. The fraction of sp³-hybridized carbons (Fsp3) is 0.583. The van der Waals surface area contributed by atoms with Crippen molar-refractivity contribution in [3.63, 3.8) is 0 Å². The van der Waals surface area contributed by atoms with E-state index in [2.05, 4.69) is 16.0 Å². The molecule has 11 nitrogen and oxygen atoms in total. The first kappa shape index (κ1) is 29.9. The molecule has 5 atom stereocenters. The minimum atomic E-state index is -1.21. The number of carboxylic acid groups (broad SMARTS) is 1. The van der Waals surface area contributed by atoms with E-state index in [0.717, 1.165) is 0 Å². The van der Waals surface area contributed by atoms with Gasteiger partial charge in [0, 0.05) is 6.42 Å². The number of aliphatic carboxylic acids is 1. The molecule has 0 aromatic heterocycles. The van der Waals surface area contributed by atoms with Crippen LogP contribution in [0.5, 0.6) is 5.75 Å². The molecule has 0 aliphatic heterocycles. The summed E-state index contributed by atoms with van der Waals surface area (Å²) in [5.74, 6) is -3.56. The molecule has 0 heterocycles. The first-order valence-corrected chi connectivity index (χ1v) is 11.7. The second-order valence-corrected chi connectivity index (χ2v) is 9.12. The third-order valence-electron chi connectivity index (χ3n) is 5.66. The van der Waals surface area contributed by atoms with Crippen molar-refractivity contribution in [3.05, 3.63) is 29.8 Å². The van der Waals surface area contributed by atoms with Crippen molar-refractivity contribution in [1.29, 1.82) is 0 Å². The Labute approximate surface area is 205 Å². The van der Waals surface area contributed by atoms with Crippen molar-refractivity contribution in [2.45, 2.75) is 71.1 Å². The zero-order chi connectivity index (χ0) is 26.7. The highest BCUT2D eigenvalue weighted by Crippen LogP contribution is 2.14. The van der Waals surface area contributed by atoms with E-state index < -0.39 is 54.5 Å². The lowest BCUT2D eigenvalue weighted by Crippen LogP contribution is -2.58. The molecule has 0 bridgehead atoms. The number of carboxylic acids is 1. The smallest absolute Gasteiger partial charge is 0.326 e. The van der Waals surface area contributed by atoms with E-state index in [0.29, 0.717) is 12.0 Å². The highest BCUT2D eigenvalue weighted by Gasteiger charge is 2.32. The third-order valence-corrected chi connectivity index (χ3v) is 5.66. The van der Waals surface area contributed by atoms with Gasteiger partial charge in [0.05, 0.1) is 6.61 Å². The van der Waals surface area contributed by atoms with Gasteiger partial charge in [-0.15, -0.1) is 0 Å². The molecule has 0 saturated carbocycles. The van der Waals surface area contributed by atoms with Gasteiger partial charge in [-0.3, -0.25) is 14.4 Å². The van der Waals surface area contributed by atoms with Gasteiger partial charge < -0.3 is 37.0 Å². The lowest BCUT2D eigenvalue weighted by Gasteiger charge is -2.27. The van der Waals surface area contributed by atoms with Crippen molar-refractivity contribution < 1.29 is 34.5 Å². The minimum Gasteiger partial charge on any atom is -0.508 e. The third kappa shape index (κ3) is 9.91. The minimum absolute atomic E-state index is 0.00238. The van der Waals surface area contributed by atoms with E-state index in [-0.39, 0.29) is 30.4 Å². The second-order valence-electron chi connectivity index (χ2n) is 9.12. The van der Waals surface area contributed by atoms with E-state index in [4.69, 9.17) is 10.8 Å². The Morgan fingerprint density at radius 1 is 0.914 bits per heavy atom. The number of hydrogen-bond donors (Lipinski definition) is 7. The summed E-state index contributed by atoms with van der Waals surface area (Å²) in [4.78, 5) is 50.2. The van der Waals surface area contributed by atoms with Crippen LogP contribution in [0.2, 0.25) is 0 Å². The van der Waals surface area contributed by atoms with E-state index >= 15 is 0 Å². The fourth-order valence-electron chi connectivity index (χ4n) is 3.35. The normalized spacial score (nSPS) is 15.4. The van der Waals surface area contributed by atoms with Crippen LogP contribution in [0.4, 0.5) is 0 Å². The molecule has 0 radical (unpaired) electrons. The Morgan fingerprint density at radius 2 is 1.46 bits per heavy atom. The Hall–Kier alpha value is -3.18. The summed E-state index contributed by atoms with van der Waals surface area (Å²) in [6.45, 7) is 6.61. The van der Waals surface area contributed by atoms with Gasteiger partial charge >= 0.3 is 5.97 Å². The van der Waals surface area contributed by atoms with Crippen LogP contribution in [0.15, 0.2) is 24.3 Å². The van der Waals surface area contributed by atoms with Crippen LogP contribution in [0.25, 0.3) is 0 Å². The molecule has 1 rings (SSSR count). The molecule has 35 heavy (non-hydrogen) atoms. The van der Waals surface area contributed by atoms with Gasteiger partial charge in [0.15, 0.2) is 0 Å². The Morgan fingerprint density at radius 3 is 1.94 bits per heavy atom. The molecule has 0 saturated heterocycles. The number of carbonyl (C=O) groups excluding carboxylic acids is 3. The number of aliphatic hydroxyl groups excluding tert-OH is 1. The maximum atomic E-state index is 13.1. The lowest BCUT2D eigenvalue weighted by molar-refractivity contribution is -0.143. The number of aromatic hydroxyl groups is 1. The molecular weight excluding hydrogens is 456 g/mol. The maximum absolute atomic E-state index is 13.1. The SMILES string of the molecule is CCC(C)C(NC(=O)C(Cc1ccc(O)cc1)NC(=O)C(CC(C)C)NC(=O)C(N)CO)C(=O)O. The molecule has 196 valence electrons. The van der Waals surface area contributed by atoms with Crippen LogP contribution in [0.1, 0.15) is 46.1 Å². The van der Waals surface area contributed by atoms with Crippen molar-refractivity contribution in [3.8, 4) is 5.75 Å². The van der Waals surface area contributed by atoms with Crippen LogP contribution < -0.4 is 21.7 Å².